The van der Waals surface area contributed by atoms with Gasteiger partial charge in [-0.1, -0.05) is 182 Å². The van der Waals surface area contributed by atoms with Crippen molar-refractivity contribution in [1.82, 2.24) is 15.0 Å². The molecule has 298 valence electrons. The minimum absolute atomic E-state index is 0.572. The lowest BCUT2D eigenvalue weighted by Crippen LogP contribution is -2.32. The lowest BCUT2D eigenvalue weighted by atomic mass is 9.65. The van der Waals surface area contributed by atoms with Crippen LogP contribution in [-0.4, -0.2) is 15.0 Å². The van der Waals surface area contributed by atoms with Gasteiger partial charge in [0, 0.05) is 44.2 Å². The lowest BCUT2D eigenvalue weighted by molar-refractivity contribution is 0.437. The third kappa shape index (κ3) is 5.52. The number of ether oxygens (including phenoxy) is 1. The van der Waals surface area contributed by atoms with Gasteiger partial charge in [-0.05, 0) is 81.2 Å². The number of pyridine rings is 1. The molecule has 4 nitrogen and oxygen atoms in total. The normalized spacial score (nSPS) is 12.9. The highest BCUT2D eigenvalue weighted by molar-refractivity contribution is 6.12. The van der Waals surface area contributed by atoms with E-state index in [1.165, 1.54) is 22.3 Å². The summed E-state index contributed by atoms with van der Waals surface area (Å²) >= 11 is 0. The van der Waals surface area contributed by atoms with Crippen LogP contribution in [0.5, 0.6) is 11.5 Å². The molecule has 0 saturated heterocycles. The van der Waals surface area contributed by atoms with E-state index in [0.29, 0.717) is 5.82 Å². The van der Waals surface area contributed by atoms with Crippen molar-refractivity contribution in [3.05, 3.63) is 247 Å². The molecule has 1 aliphatic carbocycles. The smallest absolute Gasteiger partial charge is 0.160 e. The van der Waals surface area contributed by atoms with Crippen molar-refractivity contribution in [2.75, 3.05) is 0 Å². The van der Waals surface area contributed by atoms with Gasteiger partial charge in [0.15, 0.2) is 5.82 Å². The highest BCUT2D eigenvalue weighted by Crippen LogP contribution is 2.62. The number of fused-ring (bicyclic) bond motifs is 12. The Morgan fingerprint density at radius 1 is 0.312 bits per heavy atom. The van der Waals surface area contributed by atoms with Crippen LogP contribution >= 0.6 is 0 Å². The maximum atomic E-state index is 7.00. The van der Waals surface area contributed by atoms with E-state index in [2.05, 4.69) is 200 Å². The Morgan fingerprint density at radius 3 is 1.58 bits per heavy atom. The highest BCUT2D eigenvalue weighted by Gasteiger charge is 2.51. The summed E-state index contributed by atoms with van der Waals surface area (Å²) in [5, 5.41) is 3.25. The van der Waals surface area contributed by atoms with Crippen LogP contribution in [0.25, 0.3) is 89.1 Å². The third-order valence-electron chi connectivity index (χ3n) is 13.1. The van der Waals surface area contributed by atoms with Gasteiger partial charge in [0.05, 0.1) is 28.0 Å². The van der Waals surface area contributed by atoms with Gasteiger partial charge in [-0.25, -0.2) is 15.0 Å². The van der Waals surface area contributed by atoms with Gasteiger partial charge in [-0.3, -0.25) is 0 Å². The van der Waals surface area contributed by atoms with Crippen molar-refractivity contribution in [2.24, 2.45) is 0 Å². The number of hydrogen-bond donors (Lipinski definition) is 0. The zero-order chi connectivity index (χ0) is 42.2. The minimum Gasteiger partial charge on any atom is -0.457 e. The Labute approximate surface area is 370 Å². The molecule has 0 amide bonds. The van der Waals surface area contributed by atoms with Gasteiger partial charge in [-0.15, -0.1) is 0 Å². The van der Waals surface area contributed by atoms with E-state index in [-0.39, 0.29) is 0 Å². The fourth-order valence-electron chi connectivity index (χ4n) is 10.3. The van der Waals surface area contributed by atoms with Crippen molar-refractivity contribution < 1.29 is 4.74 Å². The quantitative estimate of drug-likeness (QED) is 0.162. The molecule has 0 fully saturated rings. The van der Waals surface area contributed by atoms with Crippen LogP contribution in [0, 0.1) is 0 Å². The lowest BCUT2D eigenvalue weighted by Gasteiger charge is -2.39. The number of benzene rings is 9. The number of aromatic nitrogens is 3. The summed E-state index contributed by atoms with van der Waals surface area (Å²) in [6.07, 6.45) is 0. The van der Waals surface area contributed by atoms with Gasteiger partial charge in [-0.2, -0.15) is 0 Å². The second-order valence-electron chi connectivity index (χ2n) is 16.7. The van der Waals surface area contributed by atoms with Crippen LogP contribution < -0.4 is 4.74 Å². The first-order valence-corrected chi connectivity index (χ1v) is 21.8. The molecular weight excluding hydrogens is 779 g/mol. The maximum Gasteiger partial charge on any atom is 0.160 e. The van der Waals surface area contributed by atoms with Crippen molar-refractivity contribution in [1.29, 1.82) is 0 Å². The van der Waals surface area contributed by atoms with Gasteiger partial charge >= 0.3 is 0 Å². The maximum absolute atomic E-state index is 7.00. The van der Waals surface area contributed by atoms with Gasteiger partial charge < -0.3 is 4.74 Å². The van der Waals surface area contributed by atoms with E-state index < -0.39 is 5.41 Å². The van der Waals surface area contributed by atoms with Gasteiger partial charge in [0.1, 0.15) is 11.5 Å². The predicted molar refractivity (Wildman–Crippen MR) is 259 cm³/mol. The number of para-hydroxylation sites is 2. The van der Waals surface area contributed by atoms with Crippen LogP contribution in [0.15, 0.2) is 224 Å². The van der Waals surface area contributed by atoms with Crippen molar-refractivity contribution >= 4 is 21.7 Å². The molecule has 0 bridgehead atoms. The summed E-state index contributed by atoms with van der Waals surface area (Å²) < 4.78 is 7.00. The number of nitrogens with zero attached hydrogens (tertiary/aromatic N) is 3. The summed E-state index contributed by atoms with van der Waals surface area (Å²) in [7, 11) is 0. The topological polar surface area (TPSA) is 47.9 Å². The molecule has 3 heterocycles. The van der Waals surface area contributed by atoms with Crippen molar-refractivity contribution in [3.8, 4) is 78.9 Å². The van der Waals surface area contributed by atoms with Crippen LogP contribution in [0.1, 0.15) is 22.3 Å². The standard InChI is InChI=1S/C60H37N3O/c1-3-17-38(18-4-1)40-21-15-22-41(33-40)54-37-55(63-59(62-54)39-19-5-2-6-20-39)42-23-16-24-43(34-42)58-48-36-57-52(35-47(48)46-27-9-13-31-53(46)61-58)60(51-30-12-14-32-56(51)64-57)49-28-10-7-25-44(49)45-26-8-11-29-50(45)60/h1-37H. The fourth-order valence-corrected chi connectivity index (χ4v) is 10.3. The van der Waals surface area contributed by atoms with Crippen molar-refractivity contribution in [2.45, 2.75) is 5.41 Å². The molecular formula is C60H37N3O. The Hall–Kier alpha value is -8.47. The van der Waals surface area contributed by atoms with Crippen LogP contribution in [0.3, 0.4) is 0 Å². The molecule has 1 aliphatic heterocycles. The van der Waals surface area contributed by atoms with E-state index in [1.807, 2.05) is 24.3 Å². The largest absolute Gasteiger partial charge is 0.457 e. The summed E-state index contributed by atoms with van der Waals surface area (Å²) in [6, 6.07) is 79.5. The monoisotopic (exact) mass is 815 g/mol. The highest BCUT2D eigenvalue weighted by atomic mass is 16.5. The molecule has 0 saturated carbocycles. The summed E-state index contributed by atoms with van der Waals surface area (Å²) in [6.45, 7) is 0. The molecule has 1 spiro atoms. The average Bonchev–Trinajstić information content (AvgIpc) is 3.66. The Bertz CT molecular complexity index is 3610. The van der Waals surface area contributed by atoms with Crippen LogP contribution in [0.4, 0.5) is 0 Å². The summed E-state index contributed by atoms with van der Waals surface area (Å²) in [4.78, 5) is 15.8. The van der Waals surface area contributed by atoms with Gasteiger partial charge in [0.25, 0.3) is 0 Å². The predicted octanol–water partition coefficient (Wildman–Crippen LogP) is 15.0. The summed E-state index contributed by atoms with van der Waals surface area (Å²) in [5.41, 5.74) is 16.5. The molecule has 0 unspecified atom stereocenters. The number of hydrogen-bond acceptors (Lipinski definition) is 4. The SMILES string of the molecule is c1ccc(-c2cccc(-c3cc(-c4cccc(-c5nc6ccccc6c6cc7c(cc56)Oc5ccccc5C75c6ccccc6-c6ccccc65)c4)nc(-c4ccccc4)n3)c2)cc1. The molecule has 2 aromatic heterocycles. The fraction of sp³-hybridized carbons (Fsp3) is 0.0167. The van der Waals surface area contributed by atoms with Crippen molar-refractivity contribution in [3.63, 3.8) is 0 Å². The Morgan fingerprint density at radius 2 is 0.859 bits per heavy atom. The third-order valence-corrected chi connectivity index (χ3v) is 13.1. The molecule has 13 rings (SSSR count). The first kappa shape index (κ1) is 36.2. The molecule has 2 aliphatic rings. The Kier molecular flexibility index (Phi) is 8.09. The van der Waals surface area contributed by atoms with E-state index in [4.69, 9.17) is 19.7 Å². The van der Waals surface area contributed by atoms with Gasteiger partial charge in [0.2, 0.25) is 0 Å². The molecule has 4 heteroatoms. The molecule has 0 N–H and O–H groups in total. The van der Waals surface area contributed by atoms with E-state index in [0.717, 1.165) is 94.8 Å². The van der Waals surface area contributed by atoms with E-state index in [9.17, 15) is 0 Å². The number of rotatable bonds is 5. The summed E-state index contributed by atoms with van der Waals surface area (Å²) in [5.74, 6) is 2.37. The molecule has 11 aromatic rings. The first-order valence-electron chi connectivity index (χ1n) is 21.8. The average molecular weight is 816 g/mol. The van der Waals surface area contributed by atoms with Crippen LogP contribution in [0.2, 0.25) is 0 Å². The Balaban J connectivity index is 1.02. The van der Waals surface area contributed by atoms with E-state index >= 15 is 0 Å². The van der Waals surface area contributed by atoms with E-state index in [1.54, 1.807) is 0 Å². The molecule has 0 atom stereocenters. The molecule has 0 radical (unpaired) electrons. The second kappa shape index (κ2) is 14.3. The minimum atomic E-state index is -0.572. The molecule has 64 heavy (non-hydrogen) atoms. The first-order chi connectivity index (χ1) is 31.7. The second-order valence-corrected chi connectivity index (χ2v) is 16.7. The zero-order valence-corrected chi connectivity index (χ0v) is 34.6. The zero-order valence-electron chi connectivity index (χ0n) is 34.6. The molecule has 9 aromatic carbocycles. The van der Waals surface area contributed by atoms with Crippen LogP contribution in [-0.2, 0) is 5.41 Å².